The third-order valence-electron chi connectivity index (χ3n) is 4.57. The van der Waals surface area contributed by atoms with Crippen LogP contribution in [0, 0.1) is 0 Å². The number of benzene rings is 1. The van der Waals surface area contributed by atoms with Crippen molar-refractivity contribution in [3.8, 4) is 0 Å². The lowest BCUT2D eigenvalue weighted by Gasteiger charge is -2.37. The molecule has 0 amide bonds. The molecule has 2 aromatic rings. The van der Waals surface area contributed by atoms with E-state index in [2.05, 4.69) is 40.4 Å². The smallest absolute Gasteiger partial charge is 0.138 e. The first-order valence-corrected chi connectivity index (χ1v) is 7.33. The maximum absolute atomic E-state index is 6.58. The van der Waals surface area contributed by atoms with Crippen molar-refractivity contribution in [2.45, 2.75) is 43.6 Å². The monoisotopic (exact) mass is 270 g/mol. The quantitative estimate of drug-likeness (QED) is 0.931. The summed E-state index contributed by atoms with van der Waals surface area (Å²) in [6.45, 7) is 0. The van der Waals surface area contributed by atoms with Crippen molar-refractivity contribution < 1.29 is 0 Å². The van der Waals surface area contributed by atoms with Crippen molar-refractivity contribution in [2.24, 2.45) is 12.8 Å². The molecular formula is C16H22N4. The zero-order valence-corrected chi connectivity index (χ0v) is 12.0. The van der Waals surface area contributed by atoms with Gasteiger partial charge in [-0.25, -0.2) is 4.98 Å². The van der Waals surface area contributed by atoms with Gasteiger partial charge in [-0.1, -0.05) is 30.3 Å². The van der Waals surface area contributed by atoms with Gasteiger partial charge < -0.3 is 5.73 Å². The fraction of sp³-hybridized carbons (Fsp3) is 0.500. The molecule has 1 aliphatic carbocycles. The molecule has 0 radical (unpaired) electrons. The third-order valence-corrected chi connectivity index (χ3v) is 4.57. The van der Waals surface area contributed by atoms with Crippen molar-refractivity contribution >= 4 is 0 Å². The van der Waals surface area contributed by atoms with Crippen LogP contribution in [-0.4, -0.2) is 20.3 Å². The minimum absolute atomic E-state index is 0.119. The Balaban J connectivity index is 1.64. The average Bonchev–Trinajstić information content (AvgIpc) is 2.85. The number of nitrogens with zero attached hydrogens (tertiary/aromatic N) is 3. The summed E-state index contributed by atoms with van der Waals surface area (Å²) in [6.07, 6.45) is 6.87. The number of aryl methyl sites for hydroxylation is 1. The van der Waals surface area contributed by atoms with Gasteiger partial charge in [0.2, 0.25) is 0 Å². The van der Waals surface area contributed by atoms with Crippen LogP contribution in [0.3, 0.4) is 0 Å². The Morgan fingerprint density at radius 3 is 2.55 bits per heavy atom. The number of rotatable bonds is 3. The van der Waals surface area contributed by atoms with Crippen molar-refractivity contribution in [1.82, 2.24) is 14.8 Å². The molecule has 1 aromatic heterocycles. The van der Waals surface area contributed by atoms with Crippen LogP contribution in [0.2, 0.25) is 0 Å². The molecule has 4 nitrogen and oxygen atoms in total. The highest BCUT2D eigenvalue weighted by Gasteiger charge is 2.33. The lowest BCUT2D eigenvalue weighted by molar-refractivity contribution is 0.265. The predicted molar refractivity (Wildman–Crippen MR) is 79.3 cm³/mol. The van der Waals surface area contributed by atoms with Gasteiger partial charge in [-0.15, -0.1) is 0 Å². The Kier molecular flexibility index (Phi) is 3.57. The lowest BCUT2D eigenvalue weighted by Crippen LogP contribution is -2.45. The second-order valence-corrected chi connectivity index (χ2v) is 6.02. The van der Waals surface area contributed by atoms with Crippen LogP contribution < -0.4 is 5.73 Å². The third kappa shape index (κ3) is 2.75. The van der Waals surface area contributed by atoms with Gasteiger partial charge in [0.15, 0.2) is 0 Å². The highest BCUT2D eigenvalue weighted by Crippen LogP contribution is 2.37. The van der Waals surface area contributed by atoms with E-state index < -0.39 is 0 Å². The number of nitrogens with two attached hydrogens (primary N) is 1. The van der Waals surface area contributed by atoms with E-state index >= 15 is 0 Å². The first-order valence-electron chi connectivity index (χ1n) is 7.33. The second kappa shape index (κ2) is 5.37. The molecule has 3 rings (SSSR count). The molecule has 1 fully saturated rings. The number of aromatic nitrogens is 3. The molecule has 20 heavy (non-hydrogen) atoms. The van der Waals surface area contributed by atoms with Crippen LogP contribution in [0.4, 0.5) is 0 Å². The maximum Gasteiger partial charge on any atom is 0.138 e. The van der Waals surface area contributed by atoms with Gasteiger partial charge in [0, 0.05) is 19.0 Å². The molecule has 1 aliphatic rings. The van der Waals surface area contributed by atoms with Crippen molar-refractivity contribution in [2.75, 3.05) is 0 Å². The Hall–Kier alpha value is -1.68. The van der Waals surface area contributed by atoms with E-state index in [4.69, 9.17) is 5.73 Å². The minimum Gasteiger partial charge on any atom is -0.325 e. The summed E-state index contributed by atoms with van der Waals surface area (Å²) in [6, 6.07) is 10.8. The van der Waals surface area contributed by atoms with Gasteiger partial charge in [0.05, 0.1) is 0 Å². The molecule has 0 unspecified atom stereocenters. The first kappa shape index (κ1) is 13.3. The van der Waals surface area contributed by atoms with E-state index in [1.54, 1.807) is 6.33 Å². The fourth-order valence-electron chi connectivity index (χ4n) is 3.22. The van der Waals surface area contributed by atoms with Crippen LogP contribution in [0.25, 0.3) is 0 Å². The molecule has 1 saturated carbocycles. The van der Waals surface area contributed by atoms with Gasteiger partial charge in [-0.2, -0.15) is 5.10 Å². The van der Waals surface area contributed by atoms with E-state index in [0.717, 1.165) is 25.1 Å². The summed E-state index contributed by atoms with van der Waals surface area (Å²) < 4.78 is 1.83. The lowest BCUT2D eigenvalue weighted by atomic mass is 9.73. The topological polar surface area (TPSA) is 56.7 Å². The fourth-order valence-corrected chi connectivity index (χ4v) is 3.22. The van der Waals surface area contributed by atoms with Crippen molar-refractivity contribution in [3.63, 3.8) is 0 Å². The van der Waals surface area contributed by atoms with Crippen LogP contribution >= 0.6 is 0 Å². The van der Waals surface area contributed by atoms with Gasteiger partial charge in [0.1, 0.15) is 12.2 Å². The molecule has 4 heteroatoms. The average molecular weight is 270 g/mol. The zero-order chi connectivity index (χ0) is 14.0. The molecule has 0 spiro atoms. The normalized spacial score (nSPS) is 26.6. The molecule has 0 aliphatic heterocycles. The van der Waals surface area contributed by atoms with E-state index in [0.29, 0.717) is 5.92 Å². The van der Waals surface area contributed by atoms with Gasteiger partial charge in [-0.05, 0) is 37.2 Å². The summed E-state index contributed by atoms with van der Waals surface area (Å²) in [5.41, 5.74) is 7.91. The molecule has 1 aromatic carbocycles. The van der Waals surface area contributed by atoms with Gasteiger partial charge >= 0.3 is 0 Å². The van der Waals surface area contributed by atoms with Gasteiger partial charge in [-0.3, -0.25) is 4.68 Å². The summed E-state index contributed by atoms with van der Waals surface area (Å²) in [5.74, 6) is 1.65. The Morgan fingerprint density at radius 2 is 1.95 bits per heavy atom. The van der Waals surface area contributed by atoms with Crippen molar-refractivity contribution in [3.05, 3.63) is 48.0 Å². The molecule has 0 bridgehead atoms. The largest absolute Gasteiger partial charge is 0.325 e. The highest BCUT2D eigenvalue weighted by molar-refractivity contribution is 5.20. The summed E-state index contributed by atoms with van der Waals surface area (Å²) >= 11 is 0. The van der Waals surface area contributed by atoms with Crippen LogP contribution in [0.1, 0.15) is 43.0 Å². The molecule has 1 heterocycles. The standard InChI is InChI=1S/C16H22N4/c1-20-15(18-12-19-20)11-16(17)9-7-14(8-10-16)13-5-3-2-4-6-13/h2-6,12,14H,7-11,17H2,1H3. The minimum atomic E-state index is -0.119. The number of hydrogen-bond donors (Lipinski definition) is 1. The number of hydrogen-bond acceptors (Lipinski definition) is 3. The summed E-state index contributed by atoms with van der Waals surface area (Å²) in [5, 5.41) is 4.13. The molecule has 2 N–H and O–H groups in total. The molecule has 106 valence electrons. The SMILES string of the molecule is Cn1ncnc1CC1(N)CCC(c2ccccc2)CC1. The summed E-state index contributed by atoms with van der Waals surface area (Å²) in [7, 11) is 1.93. The van der Waals surface area contributed by atoms with Crippen molar-refractivity contribution in [1.29, 1.82) is 0 Å². The Bertz CT molecular complexity index is 553. The van der Waals surface area contributed by atoms with Crippen LogP contribution in [0.5, 0.6) is 0 Å². The molecular weight excluding hydrogens is 248 g/mol. The van der Waals surface area contributed by atoms with E-state index in [9.17, 15) is 0 Å². The van der Waals surface area contributed by atoms with E-state index in [-0.39, 0.29) is 5.54 Å². The summed E-state index contributed by atoms with van der Waals surface area (Å²) in [4.78, 5) is 4.30. The Labute approximate surface area is 120 Å². The van der Waals surface area contributed by atoms with Gasteiger partial charge in [0.25, 0.3) is 0 Å². The van der Waals surface area contributed by atoms with Crippen LogP contribution in [-0.2, 0) is 13.5 Å². The maximum atomic E-state index is 6.58. The first-order chi connectivity index (χ1) is 9.66. The predicted octanol–water partition coefficient (Wildman–Crippen LogP) is 2.41. The van der Waals surface area contributed by atoms with E-state index in [1.165, 1.54) is 18.4 Å². The Morgan fingerprint density at radius 1 is 1.25 bits per heavy atom. The molecule has 0 atom stereocenters. The highest BCUT2D eigenvalue weighted by atomic mass is 15.3. The zero-order valence-electron chi connectivity index (χ0n) is 12.0. The van der Waals surface area contributed by atoms with Crippen LogP contribution in [0.15, 0.2) is 36.7 Å². The second-order valence-electron chi connectivity index (χ2n) is 6.02. The molecule has 0 saturated heterocycles. The van der Waals surface area contributed by atoms with E-state index in [1.807, 2.05) is 11.7 Å².